The second-order valence-corrected chi connectivity index (χ2v) is 4.99. The van der Waals surface area contributed by atoms with Crippen LogP contribution < -0.4 is 5.32 Å². The fourth-order valence-electron chi connectivity index (χ4n) is 2.08. The van der Waals surface area contributed by atoms with Gasteiger partial charge < -0.3 is 15.1 Å². The van der Waals surface area contributed by atoms with Crippen LogP contribution in [0.25, 0.3) is 0 Å². The van der Waals surface area contributed by atoms with Crippen molar-refractivity contribution < 1.29 is 0 Å². The van der Waals surface area contributed by atoms with E-state index in [1.54, 1.807) is 0 Å². The average molecular weight is 199 g/mol. The smallest absolute Gasteiger partial charge is 0.0278 e. The van der Waals surface area contributed by atoms with Crippen molar-refractivity contribution >= 4 is 0 Å². The quantitative estimate of drug-likeness (QED) is 0.716. The number of hydrogen-bond donors (Lipinski definition) is 1. The molecule has 0 spiro atoms. The van der Waals surface area contributed by atoms with Crippen molar-refractivity contribution in [1.29, 1.82) is 0 Å². The largest absolute Gasteiger partial charge is 0.313 e. The Bertz CT molecular complexity index is 170. The SMILES string of the molecule is CNC1(C)CCCN(CCN(C)C)C1. The van der Waals surface area contributed by atoms with Crippen LogP contribution in [0.15, 0.2) is 0 Å². The zero-order valence-electron chi connectivity index (χ0n) is 10.1. The molecule has 1 rings (SSSR count). The van der Waals surface area contributed by atoms with Gasteiger partial charge >= 0.3 is 0 Å². The molecule has 1 aliphatic rings. The zero-order valence-corrected chi connectivity index (χ0v) is 10.1. The summed E-state index contributed by atoms with van der Waals surface area (Å²) in [4.78, 5) is 4.82. The molecule has 0 saturated carbocycles. The second-order valence-electron chi connectivity index (χ2n) is 4.99. The molecule has 84 valence electrons. The summed E-state index contributed by atoms with van der Waals surface area (Å²) in [5.41, 5.74) is 0.338. The lowest BCUT2D eigenvalue weighted by molar-refractivity contribution is 0.130. The summed E-state index contributed by atoms with van der Waals surface area (Å²) in [6.45, 7) is 7.15. The first-order valence-corrected chi connectivity index (χ1v) is 5.62. The first-order valence-electron chi connectivity index (χ1n) is 5.62. The third-order valence-corrected chi connectivity index (χ3v) is 3.24. The lowest BCUT2D eigenvalue weighted by atomic mass is 9.91. The molecule has 0 aromatic rings. The third kappa shape index (κ3) is 3.56. The molecule has 0 amide bonds. The topological polar surface area (TPSA) is 18.5 Å². The van der Waals surface area contributed by atoms with Crippen molar-refractivity contribution in [2.24, 2.45) is 0 Å². The van der Waals surface area contributed by atoms with Crippen LogP contribution in [0.1, 0.15) is 19.8 Å². The molecular weight excluding hydrogens is 174 g/mol. The molecule has 1 unspecified atom stereocenters. The Morgan fingerprint density at radius 2 is 2.14 bits per heavy atom. The van der Waals surface area contributed by atoms with Crippen molar-refractivity contribution in [2.75, 3.05) is 47.3 Å². The van der Waals surface area contributed by atoms with E-state index in [0.29, 0.717) is 5.54 Å². The van der Waals surface area contributed by atoms with Crippen molar-refractivity contribution in [3.8, 4) is 0 Å². The first kappa shape index (κ1) is 12.0. The Balaban J connectivity index is 2.33. The van der Waals surface area contributed by atoms with Crippen molar-refractivity contribution in [3.63, 3.8) is 0 Å². The van der Waals surface area contributed by atoms with Crippen LogP contribution in [-0.4, -0.2) is 62.7 Å². The van der Waals surface area contributed by atoms with Crippen molar-refractivity contribution in [1.82, 2.24) is 15.1 Å². The monoisotopic (exact) mass is 199 g/mol. The summed E-state index contributed by atoms with van der Waals surface area (Å²) in [7, 11) is 6.36. The maximum atomic E-state index is 3.44. The minimum atomic E-state index is 0.338. The van der Waals surface area contributed by atoms with Gasteiger partial charge in [0.05, 0.1) is 0 Å². The lowest BCUT2D eigenvalue weighted by Gasteiger charge is -2.40. The minimum absolute atomic E-state index is 0.338. The summed E-state index contributed by atoms with van der Waals surface area (Å²) in [6, 6.07) is 0. The van der Waals surface area contributed by atoms with Gasteiger partial charge in [-0.2, -0.15) is 0 Å². The van der Waals surface area contributed by atoms with Crippen LogP contribution in [0.3, 0.4) is 0 Å². The molecule has 0 aromatic heterocycles. The van der Waals surface area contributed by atoms with Gasteiger partial charge in [0.15, 0.2) is 0 Å². The van der Waals surface area contributed by atoms with Gasteiger partial charge in [0.1, 0.15) is 0 Å². The molecule has 3 heteroatoms. The minimum Gasteiger partial charge on any atom is -0.313 e. The van der Waals surface area contributed by atoms with Gasteiger partial charge in [0.2, 0.25) is 0 Å². The third-order valence-electron chi connectivity index (χ3n) is 3.24. The summed E-state index contributed by atoms with van der Waals surface area (Å²) in [5, 5.41) is 3.44. The fraction of sp³-hybridized carbons (Fsp3) is 1.00. The predicted octanol–water partition coefficient (Wildman–Crippen LogP) is 0.622. The number of likely N-dealkylation sites (N-methyl/N-ethyl adjacent to an activating group) is 2. The van der Waals surface area contributed by atoms with E-state index in [1.807, 2.05) is 0 Å². The van der Waals surface area contributed by atoms with E-state index < -0.39 is 0 Å². The number of likely N-dealkylation sites (tertiary alicyclic amines) is 1. The molecule has 1 saturated heterocycles. The van der Waals surface area contributed by atoms with Crippen molar-refractivity contribution in [3.05, 3.63) is 0 Å². The Kier molecular flexibility index (Phi) is 4.35. The number of nitrogens with zero attached hydrogens (tertiary/aromatic N) is 2. The van der Waals surface area contributed by atoms with E-state index in [1.165, 1.54) is 39.0 Å². The first-order chi connectivity index (χ1) is 6.56. The molecule has 1 heterocycles. The van der Waals surface area contributed by atoms with Gasteiger partial charge in [-0.05, 0) is 47.5 Å². The van der Waals surface area contributed by atoms with E-state index in [-0.39, 0.29) is 0 Å². The van der Waals surface area contributed by atoms with Crippen LogP contribution in [0.5, 0.6) is 0 Å². The summed E-state index contributed by atoms with van der Waals surface area (Å²) in [6.07, 6.45) is 2.63. The summed E-state index contributed by atoms with van der Waals surface area (Å²) < 4.78 is 0. The number of rotatable bonds is 4. The molecule has 1 N–H and O–H groups in total. The predicted molar refractivity (Wildman–Crippen MR) is 61.7 cm³/mol. The highest BCUT2D eigenvalue weighted by Gasteiger charge is 2.28. The summed E-state index contributed by atoms with van der Waals surface area (Å²) >= 11 is 0. The van der Waals surface area contributed by atoms with Gasteiger partial charge in [-0.3, -0.25) is 0 Å². The van der Waals surface area contributed by atoms with Gasteiger partial charge in [-0.15, -0.1) is 0 Å². The Morgan fingerprint density at radius 1 is 1.43 bits per heavy atom. The molecule has 3 nitrogen and oxygen atoms in total. The van der Waals surface area contributed by atoms with Crippen LogP contribution in [0.4, 0.5) is 0 Å². The standard InChI is InChI=1S/C11H25N3/c1-11(12-2)6-5-7-14(10-11)9-8-13(3)4/h12H,5-10H2,1-4H3. The lowest BCUT2D eigenvalue weighted by Crippen LogP contribution is -2.54. The number of hydrogen-bond acceptors (Lipinski definition) is 3. The van der Waals surface area contributed by atoms with E-state index in [4.69, 9.17) is 0 Å². The molecule has 14 heavy (non-hydrogen) atoms. The summed E-state index contributed by atoms with van der Waals surface area (Å²) in [5.74, 6) is 0. The average Bonchev–Trinajstić information content (AvgIpc) is 2.15. The van der Waals surface area contributed by atoms with Gasteiger partial charge in [0, 0.05) is 25.2 Å². The highest BCUT2D eigenvalue weighted by molar-refractivity contribution is 4.89. The van der Waals surface area contributed by atoms with Gasteiger partial charge in [-0.25, -0.2) is 0 Å². The van der Waals surface area contributed by atoms with E-state index in [2.05, 4.69) is 43.2 Å². The molecule has 1 fully saturated rings. The van der Waals surface area contributed by atoms with Gasteiger partial charge in [0.25, 0.3) is 0 Å². The van der Waals surface area contributed by atoms with Crippen molar-refractivity contribution in [2.45, 2.75) is 25.3 Å². The fourth-order valence-corrected chi connectivity index (χ4v) is 2.08. The zero-order chi connectivity index (χ0) is 10.6. The van der Waals surface area contributed by atoms with Crippen LogP contribution in [0, 0.1) is 0 Å². The Morgan fingerprint density at radius 3 is 2.71 bits per heavy atom. The van der Waals surface area contributed by atoms with E-state index in [9.17, 15) is 0 Å². The molecular formula is C11H25N3. The normalized spacial score (nSPS) is 29.8. The Hall–Kier alpha value is -0.120. The second kappa shape index (κ2) is 5.10. The number of piperidine rings is 1. The molecule has 0 radical (unpaired) electrons. The maximum Gasteiger partial charge on any atom is 0.0278 e. The molecule has 1 atom stereocenters. The van der Waals surface area contributed by atoms with Crippen LogP contribution in [-0.2, 0) is 0 Å². The van der Waals surface area contributed by atoms with Crippen LogP contribution >= 0.6 is 0 Å². The molecule has 0 aromatic carbocycles. The van der Waals surface area contributed by atoms with E-state index >= 15 is 0 Å². The highest BCUT2D eigenvalue weighted by atomic mass is 15.2. The maximum absolute atomic E-state index is 3.44. The Labute approximate surface area is 88.5 Å². The number of nitrogens with one attached hydrogen (secondary N) is 1. The molecule has 0 bridgehead atoms. The van der Waals surface area contributed by atoms with Crippen LogP contribution in [0.2, 0.25) is 0 Å². The van der Waals surface area contributed by atoms with E-state index in [0.717, 1.165) is 0 Å². The molecule has 1 aliphatic heterocycles. The molecule has 0 aliphatic carbocycles. The van der Waals surface area contributed by atoms with Gasteiger partial charge in [-0.1, -0.05) is 0 Å². The highest BCUT2D eigenvalue weighted by Crippen LogP contribution is 2.19.